The number of carbonyl (C=O) groups excluding carboxylic acids is 1. The quantitative estimate of drug-likeness (QED) is 0.871. The normalized spacial score (nSPS) is 17.8. The van der Waals surface area contributed by atoms with Gasteiger partial charge in [0.1, 0.15) is 0 Å². The summed E-state index contributed by atoms with van der Waals surface area (Å²) >= 11 is 1.83. The summed E-state index contributed by atoms with van der Waals surface area (Å²) in [6.07, 6.45) is 1.76. The Bertz CT molecular complexity index is 389. The molecule has 17 heavy (non-hydrogen) atoms. The predicted molar refractivity (Wildman–Crippen MR) is 71.2 cm³/mol. The van der Waals surface area contributed by atoms with Gasteiger partial charge in [0.05, 0.1) is 0 Å². The van der Waals surface area contributed by atoms with E-state index in [0.717, 1.165) is 32.5 Å². The van der Waals surface area contributed by atoms with Crippen LogP contribution in [-0.2, 0) is 11.3 Å². The molecule has 0 bridgehead atoms. The van der Waals surface area contributed by atoms with E-state index in [0.29, 0.717) is 11.9 Å². The maximum atomic E-state index is 11.5. The number of nitrogens with one attached hydrogen (secondary N) is 1. The van der Waals surface area contributed by atoms with Crippen LogP contribution in [0.3, 0.4) is 0 Å². The van der Waals surface area contributed by atoms with Crippen molar-refractivity contribution >= 4 is 17.2 Å². The van der Waals surface area contributed by atoms with Gasteiger partial charge in [-0.2, -0.15) is 0 Å². The van der Waals surface area contributed by atoms with Crippen LogP contribution >= 0.6 is 11.3 Å². The SMILES string of the molecule is Cc1ccc(CNC(C)CN2CCCC2=O)s1. The molecule has 2 heterocycles. The van der Waals surface area contributed by atoms with Crippen molar-refractivity contribution in [3.63, 3.8) is 0 Å². The zero-order valence-electron chi connectivity index (χ0n) is 10.5. The molecule has 1 unspecified atom stereocenters. The van der Waals surface area contributed by atoms with E-state index in [9.17, 15) is 4.79 Å². The molecule has 1 amide bonds. The molecule has 0 aromatic carbocycles. The van der Waals surface area contributed by atoms with E-state index in [2.05, 4.69) is 31.3 Å². The monoisotopic (exact) mass is 252 g/mol. The summed E-state index contributed by atoms with van der Waals surface area (Å²) < 4.78 is 0. The van der Waals surface area contributed by atoms with Gasteiger partial charge in [0.2, 0.25) is 5.91 Å². The van der Waals surface area contributed by atoms with E-state index in [1.165, 1.54) is 9.75 Å². The molecule has 0 aliphatic carbocycles. The number of nitrogens with zero attached hydrogens (tertiary/aromatic N) is 1. The Balaban J connectivity index is 1.73. The van der Waals surface area contributed by atoms with Gasteiger partial charge in [0.25, 0.3) is 0 Å². The molecule has 94 valence electrons. The van der Waals surface area contributed by atoms with Gasteiger partial charge in [-0.25, -0.2) is 0 Å². The number of carbonyl (C=O) groups is 1. The topological polar surface area (TPSA) is 32.3 Å². The Labute approximate surface area is 107 Å². The molecule has 1 N–H and O–H groups in total. The van der Waals surface area contributed by atoms with Crippen molar-refractivity contribution < 1.29 is 4.79 Å². The van der Waals surface area contributed by atoms with Crippen LogP contribution in [0.25, 0.3) is 0 Å². The highest BCUT2D eigenvalue weighted by Gasteiger charge is 2.21. The lowest BCUT2D eigenvalue weighted by molar-refractivity contribution is -0.127. The fourth-order valence-electron chi connectivity index (χ4n) is 2.15. The Morgan fingerprint density at radius 2 is 2.35 bits per heavy atom. The fourth-order valence-corrected chi connectivity index (χ4v) is 2.99. The van der Waals surface area contributed by atoms with Gasteiger partial charge in [0.15, 0.2) is 0 Å². The molecule has 3 nitrogen and oxygen atoms in total. The van der Waals surface area contributed by atoms with Crippen LogP contribution in [0.1, 0.15) is 29.5 Å². The van der Waals surface area contributed by atoms with E-state index < -0.39 is 0 Å². The number of hydrogen-bond donors (Lipinski definition) is 1. The molecular formula is C13H20N2OS. The summed E-state index contributed by atoms with van der Waals surface area (Å²) in [7, 11) is 0. The molecule has 1 aromatic rings. The van der Waals surface area contributed by atoms with Gasteiger partial charge in [-0.05, 0) is 32.4 Å². The first-order valence-corrected chi connectivity index (χ1v) is 7.03. The highest BCUT2D eigenvalue weighted by Crippen LogP contribution is 2.15. The lowest BCUT2D eigenvalue weighted by Gasteiger charge is -2.21. The summed E-state index contributed by atoms with van der Waals surface area (Å²) in [5, 5.41) is 3.48. The maximum Gasteiger partial charge on any atom is 0.222 e. The summed E-state index contributed by atoms with van der Waals surface area (Å²) in [6, 6.07) is 4.68. The Morgan fingerprint density at radius 3 is 2.94 bits per heavy atom. The van der Waals surface area contributed by atoms with Crippen LogP contribution < -0.4 is 5.32 Å². The van der Waals surface area contributed by atoms with Crippen LogP contribution in [0.15, 0.2) is 12.1 Å². The van der Waals surface area contributed by atoms with Crippen LogP contribution in [0.2, 0.25) is 0 Å². The summed E-state index contributed by atoms with van der Waals surface area (Å²) in [6.45, 7) is 6.94. The van der Waals surface area contributed by atoms with Crippen LogP contribution in [-0.4, -0.2) is 29.9 Å². The average Bonchev–Trinajstić information content (AvgIpc) is 2.86. The van der Waals surface area contributed by atoms with Gasteiger partial charge in [-0.1, -0.05) is 0 Å². The van der Waals surface area contributed by atoms with Crippen molar-refractivity contribution in [1.29, 1.82) is 0 Å². The zero-order chi connectivity index (χ0) is 12.3. The smallest absolute Gasteiger partial charge is 0.222 e. The highest BCUT2D eigenvalue weighted by atomic mass is 32.1. The second-order valence-corrected chi connectivity index (χ2v) is 6.11. The number of rotatable bonds is 5. The summed E-state index contributed by atoms with van der Waals surface area (Å²) in [5.74, 6) is 0.311. The minimum Gasteiger partial charge on any atom is -0.341 e. The molecule has 0 spiro atoms. The minimum atomic E-state index is 0.311. The lowest BCUT2D eigenvalue weighted by atomic mass is 10.3. The molecule has 1 aliphatic rings. The van der Waals surface area contributed by atoms with E-state index in [-0.39, 0.29) is 0 Å². The maximum absolute atomic E-state index is 11.5. The van der Waals surface area contributed by atoms with E-state index in [1.54, 1.807) is 0 Å². The van der Waals surface area contributed by atoms with E-state index in [1.807, 2.05) is 16.2 Å². The summed E-state index contributed by atoms with van der Waals surface area (Å²) in [5.41, 5.74) is 0. The number of thiophene rings is 1. The highest BCUT2D eigenvalue weighted by molar-refractivity contribution is 7.11. The third kappa shape index (κ3) is 3.54. The zero-order valence-corrected chi connectivity index (χ0v) is 11.3. The largest absolute Gasteiger partial charge is 0.341 e. The van der Waals surface area contributed by atoms with Crippen molar-refractivity contribution in [2.24, 2.45) is 0 Å². The van der Waals surface area contributed by atoms with Crippen molar-refractivity contribution in [2.75, 3.05) is 13.1 Å². The number of amides is 1. The van der Waals surface area contributed by atoms with Crippen LogP contribution in [0.4, 0.5) is 0 Å². The first-order valence-electron chi connectivity index (χ1n) is 6.21. The van der Waals surface area contributed by atoms with Gasteiger partial charge in [-0.3, -0.25) is 4.79 Å². The predicted octanol–water partition coefficient (Wildman–Crippen LogP) is 2.16. The lowest BCUT2D eigenvalue weighted by Crippen LogP contribution is -2.39. The second-order valence-electron chi connectivity index (χ2n) is 4.74. The molecule has 1 aromatic heterocycles. The molecule has 0 radical (unpaired) electrons. The molecule has 1 fully saturated rings. The van der Waals surface area contributed by atoms with Gasteiger partial charge >= 0.3 is 0 Å². The van der Waals surface area contributed by atoms with E-state index in [4.69, 9.17) is 0 Å². The van der Waals surface area contributed by atoms with Gasteiger partial charge in [-0.15, -0.1) is 11.3 Å². The third-order valence-electron chi connectivity index (χ3n) is 3.09. The molecule has 2 rings (SSSR count). The first-order chi connectivity index (χ1) is 8.15. The molecule has 1 atom stereocenters. The molecular weight excluding hydrogens is 232 g/mol. The Hall–Kier alpha value is -0.870. The Morgan fingerprint density at radius 1 is 1.53 bits per heavy atom. The molecule has 0 saturated carbocycles. The molecule has 1 saturated heterocycles. The molecule has 1 aliphatic heterocycles. The van der Waals surface area contributed by atoms with Gasteiger partial charge < -0.3 is 10.2 Å². The third-order valence-corrected chi connectivity index (χ3v) is 4.09. The fraction of sp³-hybridized carbons (Fsp3) is 0.615. The number of likely N-dealkylation sites (tertiary alicyclic amines) is 1. The van der Waals surface area contributed by atoms with Gasteiger partial charge in [0, 0.05) is 41.9 Å². The van der Waals surface area contributed by atoms with Crippen LogP contribution in [0.5, 0.6) is 0 Å². The summed E-state index contributed by atoms with van der Waals surface area (Å²) in [4.78, 5) is 16.2. The second kappa shape index (κ2) is 5.65. The Kier molecular flexibility index (Phi) is 4.18. The molecule has 4 heteroatoms. The average molecular weight is 252 g/mol. The van der Waals surface area contributed by atoms with Crippen molar-refractivity contribution in [2.45, 2.75) is 39.3 Å². The minimum absolute atomic E-state index is 0.311. The number of hydrogen-bond acceptors (Lipinski definition) is 3. The number of aryl methyl sites for hydroxylation is 1. The van der Waals surface area contributed by atoms with Crippen LogP contribution in [0, 0.1) is 6.92 Å². The first kappa shape index (κ1) is 12.6. The van der Waals surface area contributed by atoms with Crippen molar-refractivity contribution in [3.05, 3.63) is 21.9 Å². The van der Waals surface area contributed by atoms with Crippen molar-refractivity contribution in [3.8, 4) is 0 Å². The van der Waals surface area contributed by atoms with E-state index >= 15 is 0 Å². The van der Waals surface area contributed by atoms with Crippen molar-refractivity contribution in [1.82, 2.24) is 10.2 Å². The standard InChI is InChI=1S/C13H20N2OS/c1-10(9-15-7-3-4-13(15)16)14-8-12-6-5-11(2)17-12/h5-6,10,14H,3-4,7-9H2,1-2H3.